The first-order valence-corrected chi connectivity index (χ1v) is 29.8. The molecule has 31 heteroatoms. The highest BCUT2D eigenvalue weighted by molar-refractivity contribution is 5.92. The lowest BCUT2D eigenvalue weighted by Gasteiger charge is -2.34. The summed E-state index contributed by atoms with van der Waals surface area (Å²) < 4.78 is 60.6. The molecule has 0 saturated carbocycles. The lowest BCUT2D eigenvalue weighted by molar-refractivity contribution is -0.0684. The Morgan fingerprint density at radius 1 is 0.456 bits per heavy atom. The minimum Gasteiger partial charge on any atom is -0.375 e. The first kappa shape index (κ1) is 70.7. The maximum atomic E-state index is 14.4. The zero-order valence-electron chi connectivity index (χ0n) is 52.3. The van der Waals surface area contributed by atoms with E-state index in [-0.39, 0.29) is 95.6 Å². The Bertz CT molecular complexity index is 3150. The van der Waals surface area contributed by atoms with Crippen molar-refractivity contribution in [1.82, 2.24) is 99.8 Å². The second-order valence-corrected chi connectivity index (χ2v) is 20.9. The Hall–Kier alpha value is -8.34. The van der Waals surface area contributed by atoms with Gasteiger partial charge in [-0.05, 0) is 46.5 Å². The zero-order valence-corrected chi connectivity index (χ0v) is 52.3. The van der Waals surface area contributed by atoms with Gasteiger partial charge in [-0.3, -0.25) is 33.0 Å². The van der Waals surface area contributed by atoms with Crippen molar-refractivity contribution >= 4 is 11.8 Å². The summed E-state index contributed by atoms with van der Waals surface area (Å²) in [6.07, 6.45) is 28.7. The molecule has 0 aliphatic heterocycles. The van der Waals surface area contributed by atoms with Crippen LogP contribution in [0.4, 0.5) is 0 Å². The van der Waals surface area contributed by atoms with Crippen LogP contribution in [0.3, 0.4) is 0 Å². The number of carbonyl (C=O) groups is 2. The number of terminal acetylenes is 3. The van der Waals surface area contributed by atoms with Crippen molar-refractivity contribution in [2.75, 3.05) is 112 Å². The Morgan fingerprint density at radius 2 is 0.811 bits per heavy atom. The summed E-state index contributed by atoms with van der Waals surface area (Å²) in [7, 11) is 0. The Kier molecular flexibility index (Phi) is 31.1. The summed E-state index contributed by atoms with van der Waals surface area (Å²) in [5.74, 6) is 12.3. The standard InChI is InChI=1S/C59H84N20O11/c1-9-15-30-85-35-39-89-49-53-43-78(69-63-53)26-22-73(21-25-77-42-52(62-68-77)48-88-38-34-84-29-12-4)57(81)55-45-79(71-65-55)58(7,8)17-31-90-59(13-5,14-6)16-18-74-44-54(64-70-74)56(80)72(19-23-75-40-50(60-66-75)46-86-36-32-82-27-10-2)20-24-76-41-51(61-67-76)47-87-37-33-83-28-11-3/h2-4,40-45H,13-14,16-39,46-49H2,1,5-8H3. The molecule has 0 aromatic carbocycles. The van der Waals surface area contributed by atoms with Crippen LogP contribution >= 0.6 is 0 Å². The van der Waals surface area contributed by atoms with Crippen molar-refractivity contribution in [2.45, 2.75) is 131 Å². The first-order valence-electron chi connectivity index (χ1n) is 29.8. The molecule has 0 N–H and O–H groups in total. The molecule has 6 aromatic rings. The van der Waals surface area contributed by atoms with Gasteiger partial charge >= 0.3 is 0 Å². The smallest absolute Gasteiger partial charge is 0.276 e. The predicted molar refractivity (Wildman–Crippen MR) is 322 cm³/mol. The van der Waals surface area contributed by atoms with E-state index in [0.717, 1.165) is 0 Å². The molecular formula is C59H84N20O11. The van der Waals surface area contributed by atoms with Crippen LogP contribution in [0.15, 0.2) is 37.2 Å². The maximum Gasteiger partial charge on any atom is 0.276 e. The van der Waals surface area contributed by atoms with Crippen molar-refractivity contribution in [3.8, 4) is 48.9 Å². The summed E-state index contributed by atoms with van der Waals surface area (Å²) in [6, 6.07) is 0. The molecule has 0 radical (unpaired) electrons. The van der Waals surface area contributed by atoms with Crippen molar-refractivity contribution in [1.29, 1.82) is 0 Å². The zero-order chi connectivity index (χ0) is 64.1. The Labute approximate surface area is 525 Å². The molecule has 31 nitrogen and oxygen atoms in total. The number of hydrogen-bond donors (Lipinski definition) is 0. The second kappa shape index (κ2) is 39.6. The van der Waals surface area contributed by atoms with Crippen LogP contribution in [0.5, 0.6) is 0 Å². The maximum absolute atomic E-state index is 14.4. The third-order valence-corrected chi connectivity index (χ3v) is 14.0. The summed E-state index contributed by atoms with van der Waals surface area (Å²) in [4.78, 5) is 32.0. The Morgan fingerprint density at radius 3 is 1.20 bits per heavy atom. The minimum absolute atomic E-state index is 0.172. The van der Waals surface area contributed by atoms with Crippen molar-refractivity contribution < 1.29 is 52.2 Å². The van der Waals surface area contributed by atoms with E-state index in [2.05, 4.69) is 105 Å². The van der Waals surface area contributed by atoms with E-state index in [1.54, 1.807) is 82.0 Å². The average Bonchev–Trinajstić information content (AvgIpc) is 2.92. The molecule has 486 valence electrons. The van der Waals surface area contributed by atoms with Crippen molar-refractivity contribution in [3.05, 3.63) is 71.3 Å². The van der Waals surface area contributed by atoms with Gasteiger partial charge in [0.2, 0.25) is 0 Å². The molecule has 0 unspecified atom stereocenters. The summed E-state index contributed by atoms with van der Waals surface area (Å²) in [5, 5.41) is 51.5. The quantitative estimate of drug-likeness (QED) is 0.0388. The monoisotopic (exact) mass is 1250 g/mol. The molecule has 0 bridgehead atoms. The van der Waals surface area contributed by atoms with Gasteiger partial charge in [0, 0.05) is 39.3 Å². The number of carbonyl (C=O) groups excluding carboxylic acids is 2. The molecule has 0 saturated heterocycles. The summed E-state index contributed by atoms with van der Waals surface area (Å²) >= 11 is 0. The van der Waals surface area contributed by atoms with Crippen molar-refractivity contribution in [2.24, 2.45) is 0 Å². The van der Waals surface area contributed by atoms with Gasteiger partial charge in [0.25, 0.3) is 11.8 Å². The van der Waals surface area contributed by atoms with Gasteiger partial charge in [-0.1, -0.05) is 68.8 Å². The lowest BCUT2D eigenvalue weighted by Crippen LogP contribution is -2.37. The SMILES string of the molecule is C#CCOCCOCc1cn(CCN(CCn2cc(COCCOCC#C)nn2)C(=O)c2cn(CCC(CC)(CC)OCCC(C)(C)n3cc(C(=O)N(CCn4cc(COCCOCC#C)nn4)CCn4cc(COCCOCC#CC)nn4)nn3)nn2)nn1. The van der Waals surface area contributed by atoms with Gasteiger partial charge in [-0.15, -0.1) is 55.8 Å². The third kappa shape index (κ3) is 24.9. The molecule has 6 heterocycles. The highest BCUT2D eigenvalue weighted by Crippen LogP contribution is 2.28. The van der Waals surface area contributed by atoms with E-state index >= 15 is 0 Å². The molecule has 0 atom stereocenters. The number of ether oxygens (including phenoxy) is 9. The molecule has 0 aliphatic rings. The van der Waals surface area contributed by atoms with E-state index in [4.69, 9.17) is 61.9 Å². The van der Waals surface area contributed by atoms with Crippen LogP contribution in [0.2, 0.25) is 0 Å². The van der Waals surface area contributed by atoms with Gasteiger partial charge in [-0.2, -0.15) is 0 Å². The van der Waals surface area contributed by atoms with Gasteiger partial charge in [0.1, 0.15) is 49.2 Å². The normalized spacial score (nSPS) is 11.5. The topological polar surface area (TPSA) is 308 Å². The largest absolute Gasteiger partial charge is 0.375 e. The van der Waals surface area contributed by atoms with Gasteiger partial charge in [-0.25, -0.2) is 4.68 Å². The fourth-order valence-corrected chi connectivity index (χ4v) is 8.66. The van der Waals surface area contributed by atoms with E-state index in [9.17, 15) is 9.59 Å². The number of rotatable bonds is 48. The number of hydrogen-bond acceptors (Lipinski definition) is 23. The highest BCUT2D eigenvalue weighted by Gasteiger charge is 2.31. The van der Waals surface area contributed by atoms with Crippen LogP contribution in [0.25, 0.3) is 0 Å². The van der Waals surface area contributed by atoms with Gasteiger partial charge in [0.15, 0.2) is 11.4 Å². The molecule has 2 amide bonds. The van der Waals surface area contributed by atoms with E-state index in [0.29, 0.717) is 147 Å². The number of aryl methyl sites for hydroxylation is 1. The molecule has 6 rings (SSSR count). The summed E-state index contributed by atoms with van der Waals surface area (Å²) in [5.41, 5.74) is 1.73. The number of amides is 2. The lowest BCUT2D eigenvalue weighted by atomic mass is 9.92. The molecular weight excluding hydrogens is 1160 g/mol. The van der Waals surface area contributed by atoms with Crippen LogP contribution in [0.1, 0.15) is 104 Å². The predicted octanol–water partition coefficient (Wildman–Crippen LogP) is 1.77. The van der Waals surface area contributed by atoms with E-state index < -0.39 is 11.1 Å². The summed E-state index contributed by atoms with van der Waals surface area (Å²) in [6.45, 7) is 18.1. The van der Waals surface area contributed by atoms with Gasteiger partial charge in [0.05, 0.1) is 154 Å². The first-order chi connectivity index (χ1) is 43.9. The van der Waals surface area contributed by atoms with Crippen LogP contribution in [-0.2, 0) is 107 Å². The molecule has 0 spiro atoms. The number of nitrogens with zero attached hydrogens (tertiary/aromatic N) is 20. The minimum atomic E-state index is -0.607. The fraction of sp³-hybridized carbons (Fsp3) is 0.627. The molecule has 6 aromatic heterocycles. The number of aromatic nitrogens is 18. The third-order valence-electron chi connectivity index (χ3n) is 14.0. The van der Waals surface area contributed by atoms with Crippen LogP contribution in [-0.4, -0.2) is 229 Å². The van der Waals surface area contributed by atoms with Crippen LogP contribution < -0.4 is 0 Å². The average molecular weight is 1250 g/mol. The van der Waals surface area contributed by atoms with Crippen LogP contribution in [0, 0.1) is 48.9 Å². The highest BCUT2D eigenvalue weighted by atomic mass is 16.5. The van der Waals surface area contributed by atoms with Gasteiger partial charge < -0.3 is 52.4 Å². The van der Waals surface area contributed by atoms with E-state index in [1.165, 1.54) is 0 Å². The van der Waals surface area contributed by atoms with Crippen molar-refractivity contribution in [3.63, 3.8) is 0 Å². The fourth-order valence-electron chi connectivity index (χ4n) is 8.66. The molecule has 0 fully saturated rings. The van der Waals surface area contributed by atoms with E-state index in [1.807, 2.05) is 13.8 Å². The Balaban J connectivity index is 1.04. The molecule has 0 aliphatic carbocycles. The second-order valence-electron chi connectivity index (χ2n) is 20.9. The molecule has 90 heavy (non-hydrogen) atoms.